The lowest BCUT2D eigenvalue weighted by molar-refractivity contribution is -0.132. The lowest BCUT2D eigenvalue weighted by atomic mass is 9.90. The number of fused-ring (bicyclic) bond motifs is 3. The molecule has 3 heterocycles. The van der Waals surface area contributed by atoms with Gasteiger partial charge in [0, 0.05) is 66.9 Å². The summed E-state index contributed by atoms with van der Waals surface area (Å²) in [4.78, 5) is 72.0. The molecule has 7 rings (SSSR count). The van der Waals surface area contributed by atoms with Crippen molar-refractivity contribution in [2.45, 2.75) is 98.1 Å². The van der Waals surface area contributed by atoms with Crippen LogP contribution < -0.4 is 26.3 Å². The molecule has 2 aromatic carbocycles. The number of likely N-dealkylation sites (N-methyl/N-ethyl adjacent to an activating group) is 1. The quantitative estimate of drug-likeness (QED) is 0.0183. The molecule has 0 atom stereocenters. The van der Waals surface area contributed by atoms with Gasteiger partial charge in [0.05, 0.1) is 15.8 Å². The Morgan fingerprint density at radius 2 is 1.71 bits per heavy atom. The Bertz CT molecular complexity index is 2830. The molecule has 1 aliphatic heterocycles. The van der Waals surface area contributed by atoms with Gasteiger partial charge in [-0.3, -0.25) is 24.0 Å². The van der Waals surface area contributed by atoms with Gasteiger partial charge in [-0.05, 0) is 112 Å². The molecule has 0 bridgehead atoms. The highest BCUT2D eigenvalue weighted by molar-refractivity contribution is 7.17. The van der Waals surface area contributed by atoms with Crippen LogP contribution in [-0.2, 0) is 25.7 Å². The van der Waals surface area contributed by atoms with E-state index in [1.165, 1.54) is 62.6 Å². The average Bonchev–Trinajstić information content (AvgIpc) is 3.93. The first kappa shape index (κ1) is 52.7. The van der Waals surface area contributed by atoms with Crippen LogP contribution >= 0.6 is 11.3 Å². The number of phenols is 1. The number of phenolic OH excluding ortho intramolecular Hbond substituents is 1. The highest BCUT2D eigenvalue weighted by atomic mass is 32.1. The molecule has 1 saturated carbocycles. The smallest absolute Gasteiger partial charge is 0.336 e. The molecule has 3 aliphatic rings. The van der Waals surface area contributed by atoms with Crippen molar-refractivity contribution in [1.82, 2.24) is 20.5 Å². The minimum absolute atomic E-state index is 0.000808. The molecule has 364 valence electrons. The maximum Gasteiger partial charge on any atom is 0.336 e. The number of carboxylic acids is 1. The molecule has 15 heteroatoms. The van der Waals surface area contributed by atoms with E-state index in [2.05, 4.69) is 22.5 Å². The van der Waals surface area contributed by atoms with Crippen molar-refractivity contribution in [2.75, 3.05) is 24.5 Å². The number of hydrogen-bond acceptors (Lipinski definition) is 9. The minimum atomic E-state index is -1.10. The van der Waals surface area contributed by atoms with E-state index in [0.717, 1.165) is 79.5 Å². The molecule has 69 heavy (non-hydrogen) atoms. The molecule has 1 fully saturated rings. The van der Waals surface area contributed by atoms with Gasteiger partial charge in [0.15, 0.2) is 5.43 Å². The normalized spacial score (nSPS) is 12.9. The van der Waals surface area contributed by atoms with Crippen LogP contribution in [0.1, 0.15) is 100 Å². The Labute approximate surface area is 406 Å². The van der Waals surface area contributed by atoms with Gasteiger partial charge >= 0.3 is 5.97 Å². The Morgan fingerprint density at radius 3 is 2.38 bits per heavy atom. The number of amides is 4. The van der Waals surface area contributed by atoms with Crippen molar-refractivity contribution in [3.05, 3.63) is 136 Å². The van der Waals surface area contributed by atoms with Gasteiger partial charge in [-0.2, -0.15) is 0 Å². The number of aromatic nitrogens is 1. The SMILES string of the molecule is C=C/C(=C(\C=C/C)C(=O)O)c1c2ccc(=O)cc-2oc2cc(O)ccc12.CC(=O)NCCCCCCNC=O.CCN(C(=O)Cn1c(C(=O)NC2CCCCC2)cc2sccc21)c1cccc(C)c1. The van der Waals surface area contributed by atoms with Crippen molar-refractivity contribution >= 4 is 73.9 Å². The molecule has 0 saturated heterocycles. The second-order valence-corrected chi connectivity index (χ2v) is 17.6. The Balaban J connectivity index is 0.000000208. The van der Waals surface area contributed by atoms with Gasteiger partial charge in [0.25, 0.3) is 5.91 Å². The summed E-state index contributed by atoms with van der Waals surface area (Å²) in [5.74, 6) is -0.854. The number of thiophene rings is 1. The van der Waals surface area contributed by atoms with E-state index < -0.39 is 5.97 Å². The van der Waals surface area contributed by atoms with Crippen LogP contribution in [0.5, 0.6) is 5.75 Å². The number of carbonyl (C=O) groups excluding carboxylic acids is 4. The number of allylic oxidation sites excluding steroid dienone is 3. The van der Waals surface area contributed by atoms with Crippen molar-refractivity contribution < 1.29 is 38.6 Å². The lowest BCUT2D eigenvalue weighted by Crippen LogP contribution is -2.38. The number of unbranched alkanes of at least 4 members (excludes halogenated alkanes) is 3. The van der Waals surface area contributed by atoms with Crippen molar-refractivity contribution in [1.29, 1.82) is 0 Å². The van der Waals surface area contributed by atoms with E-state index in [1.807, 2.05) is 60.2 Å². The maximum absolute atomic E-state index is 13.3. The van der Waals surface area contributed by atoms with Gasteiger partial charge in [-0.25, -0.2) is 4.79 Å². The largest absolute Gasteiger partial charge is 0.508 e. The molecule has 0 spiro atoms. The predicted molar refractivity (Wildman–Crippen MR) is 275 cm³/mol. The van der Waals surface area contributed by atoms with E-state index in [4.69, 9.17) is 4.42 Å². The fourth-order valence-electron chi connectivity index (χ4n) is 8.33. The molecule has 4 amide bonds. The highest BCUT2D eigenvalue weighted by Gasteiger charge is 2.25. The molecule has 4 aromatic rings. The van der Waals surface area contributed by atoms with Crippen LogP contribution in [0.25, 0.3) is 38.1 Å². The molecule has 0 unspecified atom stereocenters. The number of aliphatic carboxylic acids is 1. The van der Waals surface area contributed by atoms with E-state index in [-0.39, 0.29) is 47.1 Å². The molecule has 2 aliphatic carbocycles. The summed E-state index contributed by atoms with van der Waals surface area (Å²) in [5.41, 5.74) is 5.26. The van der Waals surface area contributed by atoms with E-state index in [0.29, 0.717) is 45.7 Å². The zero-order chi connectivity index (χ0) is 49.9. The number of hydrogen-bond donors (Lipinski definition) is 5. The molecule has 14 nitrogen and oxygen atoms in total. The van der Waals surface area contributed by atoms with Gasteiger partial charge in [0.1, 0.15) is 29.3 Å². The number of carbonyl (C=O) groups is 5. The third-order valence-electron chi connectivity index (χ3n) is 11.6. The average molecular weight is 958 g/mol. The second-order valence-electron chi connectivity index (χ2n) is 16.7. The van der Waals surface area contributed by atoms with Gasteiger partial charge in [0.2, 0.25) is 18.2 Å². The predicted octanol–water partition coefficient (Wildman–Crippen LogP) is 9.76. The zero-order valence-electron chi connectivity index (χ0n) is 39.8. The third-order valence-corrected chi connectivity index (χ3v) is 12.5. The van der Waals surface area contributed by atoms with Gasteiger partial charge in [-0.15, -0.1) is 11.3 Å². The summed E-state index contributed by atoms with van der Waals surface area (Å²) < 4.78 is 8.68. The Hall–Kier alpha value is -7.26. The van der Waals surface area contributed by atoms with Crippen molar-refractivity contribution in [3.63, 3.8) is 0 Å². The number of carboxylic acid groups (broad SMARTS) is 1. The highest BCUT2D eigenvalue weighted by Crippen LogP contribution is 2.40. The first-order valence-electron chi connectivity index (χ1n) is 23.4. The number of rotatable bonds is 18. The number of aromatic hydroxyl groups is 1. The van der Waals surface area contributed by atoms with E-state index in [1.54, 1.807) is 41.4 Å². The Kier molecular flexibility index (Phi) is 20.1. The van der Waals surface area contributed by atoms with Crippen LogP contribution in [0.4, 0.5) is 5.69 Å². The first-order valence-corrected chi connectivity index (χ1v) is 24.3. The standard InChI is InChI=1S/C24H29N3O2S.C21H16O5.C9H18N2O2/c1-3-26(19-11-7-8-17(2)14-19)23(28)16-27-20-12-13-30-22(20)15-21(27)24(29)25-18-9-5-4-6-10-18;1-3-5-15(21(24)25)14(4-2)20-16-8-6-12(22)10-18(16)26-19-11-13(23)7-9-17(19)20;1-9(13)11-7-5-3-2-4-6-10-8-12/h7-8,11-15,18H,3-6,9-10,16H2,1-2H3,(H,25,29);3-11,22H,2H2,1H3,(H,24,25);8H,2-7H2,1H3,(H,10,12)(H,11,13)/b;5-3-,15-14-;. The fourth-order valence-corrected chi connectivity index (χ4v) is 9.15. The summed E-state index contributed by atoms with van der Waals surface area (Å²) in [7, 11) is 0. The van der Waals surface area contributed by atoms with Crippen LogP contribution in [0, 0.1) is 6.92 Å². The molecular formula is C54H63N5O9S. The molecule has 5 N–H and O–H groups in total. The van der Waals surface area contributed by atoms with Gasteiger partial charge < -0.3 is 40.0 Å². The summed E-state index contributed by atoms with van der Waals surface area (Å²) in [5, 5.41) is 30.6. The second kappa shape index (κ2) is 26.3. The van der Waals surface area contributed by atoms with Crippen LogP contribution in [-0.4, -0.2) is 70.6 Å². The topological polar surface area (TPSA) is 200 Å². The first-order chi connectivity index (χ1) is 33.3. The Morgan fingerprint density at radius 1 is 0.957 bits per heavy atom. The summed E-state index contributed by atoms with van der Waals surface area (Å²) >= 11 is 1.60. The van der Waals surface area contributed by atoms with Crippen LogP contribution in [0.15, 0.2) is 118 Å². The number of aryl methyl sites for hydroxylation is 1. The third kappa shape index (κ3) is 14.6. The summed E-state index contributed by atoms with van der Waals surface area (Å²) in [6.07, 6.45) is 15.2. The van der Waals surface area contributed by atoms with E-state index in [9.17, 15) is 39.0 Å². The molecular weight excluding hydrogens is 895 g/mol. The van der Waals surface area contributed by atoms with Crippen molar-refractivity contribution in [2.24, 2.45) is 0 Å². The van der Waals surface area contributed by atoms with Gasteiger partial charge in [-0.1, -0.05) is 69.0 Å². The monoisotopic (exact) mass is 957 g/mol. The molecule has 0 radical (unpaired) electrons. The van der Waals surface area contributed by atoms with Crippen LogP contribution in [0.2, 0.25) is 0 Å². The number of nitrogens with zero attached hydrogens (tertiary/aromatic N) is 2. The van der Waals surface area contributed by atoms with Crippen molar-refractivity contribution in [3.8, 4) is 17.1 Å². The number of benzene rings is 3. The maximum atomic E-state index is 13.3. The molecule has 2 aromatic heterocycles. The lowest BCUT2D eigenvalue weighted by Gasteiger charge is -2.24. The zero-order valence-corrected chi connectivity index (χ0v) is 40.7. The number of nitrogens with one attached hydrogen (secondary N) is 3. The fraction of sp³-hybridized carbons (Fsp3) is 0.333. The summed E-state index contributed by atoms with van der Waals surface area (Å²) in [6.45, 7) is 13.3. The summed E-state index contributed by atoms with van der Waals surface area (Å²) in [6, 6.07) is 21.0. The minimum Gasteiger partial charge on any atom is -0.508 e. The van der Waals surface area contributed by atoms with Crippen LogP contribution in [0.3, 0.4) is 0 Å². The van der Waals surface area contributed by atoms with E-state index >= 15 is 0 Å². The number of anilines is 1.